The molecule has 9 nitrogen and oxygen atoms in total. The number of fused-ring (bicyclic) bond motifs is 2. The first-order valence-electron chi connectivity index (χ1n) is 11.2. The number of aryl methyl sites for hydroxylation is 1. The topological polar surface area (TPSA) is 114 Å². The van der Waals surface area contributed by atoms with Crippen molar-refractivity contribution in [1.82, 2.24) is 14.9 Å². The van der Waals surface area contributed by atoms with Crippen molar-refractivity contribution in [3.63, 3.8) is 0 Å². The van der Waals surface area contributed by atoms with Crippen LogP contribution in [-0.4, -0.2) is 58.2 Å². The molecule has 1 aromatic carbocycles. The number of nitrogens with one attached hydrogen (secondary N) is 2. The van der Waals surface area contributed by atoms with Gasteiger partial charge in [0.15, 0.2) is 11.2 Å². The molecule has 0 radical (unpaired) electrons. The smallest absolute Gasteiger partial charge is 0.306 e. The zero-order valence-electron chi connectivity index (χ0n) is 18.2. The zero-order chi connectivity index (χ0) is 22.4. The van der Waals surface area contributed by atoms with E-state index < -0.39 is 5.97 Å². The number of anilines is 3. The van der Waals surface area contributed by atoms with Gasteiger partial charge in [-0.05, 0) is 63.4 Å². The largest absolute Gasteiger partial charge is 0.481 e. The standard InChI is InChI=1S/C23H28N6O3/c1-13-11-18-19(12-17(13)26-16-3-4-16)29(21-20(27-18)22(30)25-14(2)24-21)10-9-28-7-5-15(6-8-28)23(31)32/h11-12,15-16,26H,2-10H2,1H3,(H,25,30)(H,31,32). The van der Waals surface area contributed by atoms with Crippen LogP contribution in [0.15, 0.2) is 21.9 Å². The molecular weight excluding hydrogens is 408 g/mol. The SMILES string of the molecule is C=c1nc2c(c(=O)[nH]1)=Nc1cc(C)c(NC3CC3)cc1N2CCN1CCC(C(=O)O)CC1. The van der Waals surface area contributed by atoms with Crippen molar-refractivity contribution in [2.45, 2.75) is 38.6 Å². The van der Waals surface area contributed by atoms with Gasteiger partial charge in [-0.25, -0.2) is 9.98 Å². The molecule has 3 N–H and O–H groups in total. The van der Waals surface area contributed by atoms with Crippen molar-refractivity contribution in [3.8, 4) is 0 Å². The first-order valence-corrected chi connectivity index (χ1v) is 11.2. The number of hydrogen-bond donors (Lipinski definition) is 3. The van der Waals surface area contributed by atoms with Gasteiger partial charge in [-0.15, -0.1) is 0 Å². The van der Waals surface area contributed by atoms with Crippen LogP contribution in [0.25, 0.3) is 6.58 Å². The van der Waals surface area contributed by atoms with E-state index in [9.17, 15) is 14.7 Å². The highest BCUT2D eigenvalue weighted by Crippen LogP contribution is 2.39. The van der Waals surface area contributed by atoms with Crippen molar-refractivity contribution in [1.29, 1.82) is 0 Å². The number of benzene rings is 1. The average Bonchev–Trinajstić information content (AvgIpc) is 3.57. The monoisotopic (exact) mass is 436 g/mol. The number of carbonyl (C=O) groups is 1. The lowest BCUT2D eigenvalue weighted by Gasteiger charge is -2.34. The van der Waals surface area contributed by atoms with E-state index in [0.717, 1.165) is 42.3 Å². The number of nitrogens with zero attached hydrogens (tertiary/aromatic N) is 4. The Bertz CT molecular complexity index is 1230. The van der Waals surface area contributed by atoms with Gasteiger partial charge in [-0.2, -0.15) is 0 Å². The van der Waals surface area contributed by atoms with Crippen LogP contribution < -0.4 is 26.6 Å². The predicted molar refractivity (Wildman–Crippen MR) is 122 cm³/mol. The highest BCUT2D eigenvalue weighted by Gasteiger charge is 2.28. The molecule has 0 spiro atoms. The summed E-state index contributed by atoms with van der Waals surface area (Å²) in [5.74, 6) is -0.440. The van der Waals surface area contributed by atoms with Gasteiger partial charge >= 0.3 is 5.97 Å². The molecule has 3 heterocycles. The summed E-state index contributed by atoms with van der Waals surface area (Å²) in [6.45, 7) is 8.73. The van der Waals surface area contributed by atoms with E-state index in [1.165, 1.54) is 12.8 Å². The summed E-state index contributed by atoms with van der Waals surface area (Å²) in [5.41, 5.74) is 3.86. The lowest BCUT2D eigenvalue weighted by molar-refractivity contribution is -0.143. The van der Waals surface area contributed by atoms with Crippen LogP contribution >= 0.6 is 0 Å². The minimum Gasteiger partial charge on any atom is -0.481 e. The molecule has 1 saturated carbocycles. The van der Waals surface area contributed by atoms with E-state index in [2.05, 4.69) is 49.6 Å². The van der Waals surface area contributed by atoms with Crippen LogP contribution in [0.3, 0.4) is 0 Å². The van der Waals surface area contributed by atoms with Gasteiger partial charge in [-0.1, -0.05) is 6.58 Å². The number of aromatic nitrogens is 2. The van der Waals surface area contributed by atoms with Gasteiger partial charge in [0.05, 0.1) is 17.3 Å². The van der Waals surface area contributed by atoms with Gasteiger partial charge in [0.1, 0.15) is 5.48 Å². The van der Waals surface area contributed by atoms with Crippen molar-refractivity contribution in [3.05, 3.63) is 38.9 Å². The Hall–Kier alpha value is -3.20. The normalized spacial score (nSPS) is 18.6. The van der Waals surface area contributed by atoms with Crippen LogP contribution in [0, 0.1) is 12.8 Å². The third-order valence-corrected chi connectivity index (χ3v) is 6.54. The van der Waals surface area contributed by atoms with Crippen molar-refractivity contribution < 1.29 is 9.90 Å². The molecule has 5 rings (SSSR count). The van der Waals surface area contributed by atoms with Crippen LogP contribution in [0.4, 0.5) is 22.9 Å². The molecule has 2 fully saturated rings. The molecule has 1 aromatic heterocycles. The number of carboxylic acid groups (broad SMARTS) is 1. The predicted octanol–water partition coefficient (Wildman–Crippen LogP) is 1.26. The van der Waals surface area contributed by atoms with Crippen molar-refractivity contribution in [2.24, 2.45) is 10.9 Å². The summed E-state index contributed by atoms with van der Waals surface area (Å²) in [6.07, 6.45) is 3.68. The Morgan fingerprint density at radius 1 is 1.25 bits per heavy atom. The fraction of sp³-hybridized carbons (Fsp3) is 0.478. The third-order valence-electron chi connectivity index (χ3n) is 6.54. The molecule has 2 aromatic rings. The first kappa shape index (κ1) is 20.7. The number of aliphatic carboxylic acids is 1. The van der Waals surface area contributed by atoms with E-state index in [1.54, 1.807) is 0 Å². The first-order chi connectivity index (χ1) is 15.4. The minimum atomic E-state index is -0.706. The number of likely N-dealkylation sites (tertiary alicyclic amines) is 1. The molecule has 3 aliphatic rings. The summed E-state index contributed by atoms with van der Waals surface area (Å²) >= 11 is 0. The second-order valence-corrected chi connectivity index (χ2v) is 8.98. The van der Waals surface area contributed by atoms with E-state index in [4.69, 9.17) is 0 Å². The van der Waals surface area contributed by atoms with E-state index in [0.29, 0.717) is 42.1 Å². The second-order valence-electron chi connectivity index (χ2n) is 8.98. The summed E-state index contributed by atoms with van der Waals surface area (Å²) in [5, 5.41) is 13.1. The number of hydrogen-bond acceptors (Lipinski definition) is 7. The molecule has 0 amide bonds. The fourth-order valence-corrected chi connectivity index (χ4v) is 4.49. The summed E-state index contributed by atoms with van der Waals surface area (Å²) < 4.78 is 0. The molecule has 32 heavy (non-hydrogen) atoms. The number of H-pyrrole nitrogens is 1. The molecule has 0 bridgehead atoms. The summed E-state index contributed by atoms with van der Waals surface area (Å²) in [4.78, 5) is 40.0. The lowest BCUT2D eigenvalue weighted by Crippen LogP contribution is -2.45. The molecule has 0 atom stereocenters. The highest BCUT2D eigenvalue weighted by molar-refractivity contribution is 5.80. The molecule has 0 unspecified atom stereocenters. The number of aromatic amines is 1. The quantitative estimate of drug-likeness (QED) is 0.625. The Labute approximate surface area is 185 Å². The van der Waals surface area contributed by atoms with Crippen LogP contribution in [0.1, 0.15) is 31.2 Å². The molecule has 168 valence electrons. The average molecular weight is 437 g/mol. The summed E-state index contributed by atoms with van der Waals surface area (Å²) in [6, 6.07) is 4.65. The third kappa shape index (κ3) is 4.00. The van der Waals surface area contributed by atoms with Gasteiger partial charge in [0.25, 0.3) is 5.56 Å². The van der Waals surface area contributed by atoms with Crippen LogP contribution in [0.2, 0.25) is 0 Å². The maximum absolute atomic E-state index is 12.6. The van der Waals surface area contributed by atoms with Crippen LogP contribution in [0.5, 0.6) is 0 Å². The summed E-state index contributed by atoms with van der Waals surface area (Å²) in [7, 11) is 0. The maximum Gasteiger partial charge on any atom is 0.306 e. The molecule has 1 aliphatic carbocycles. The number of piperidine rings is 1. The Morgan fingerprint density at radius 3 is 2.69 bits per heavy atom. The van der Waals surface area contributed by atoms with Crippen molar-refractivity contribution in [2.75, 3.05) is 36.4 Å². The zero-order valence-corrected chi connectivity index (χ0v) is 18.2. The van der Waals surface area contributed by atoms with Gasteiger partial charge in [-0.3, -0.25) is 9.59 Å². The van der Waals surface area contributed by atoms with Gasteiger partial charge in [0, 0.05) is 24.8 Å². The van der Waals surface area contributed by atoms with Crippen molar-refractivity contribution >= 4 is 35.4 Å². The lowest BCUT2D eigenvalue weighted by atomic mass is 9.97. The maximum atomic E-state index is 12.6. The van der Waals surface area contributed by atoms with Crippen LogP contribution in [-0.2, 0) is 4.79 Å². The molecule has 1 saturated heterocycles. The fourth-order valence-electron chi connectivity index (χ4n) is 4.49. The van der Waals surface area contributed by atoms with Gasteiger partial charge in [0.2, 0.25) is 0 Å². The van der Waals surface area contributed by atoms with Gasteiger partial charge < -0.3 is 25.2 Å². The Morgan fingerprint density at radius 2 is 2.00 bits per heavy atom. The van der Waals surface area contributed by atoms with E-state index in [1.807, 2.05) is 6.07 Å². The minimum absolute atomic E-state index is 0.255. The molecule has 9 heteroatoms. The number of rotatable bonds is 6. The van der Waals surface area contributed by atoms with E-state index in [-0.39, 0.29) is 11.5 Å². The van der Waals surface area contributed by atoms with E-state index >= 15 is 0 Å². The Balaban J connectivity index is 1.47. The highest BCUT2D eigenvalue weighted by atomic mass is 16.4. The molecular formula is C23H28N6O3. The second kappa shape index (κ2) is 8.05. The Kier molecular flexibility index (Phi) is 5.21. The molecule has 2 aliphatic heterocycles. The number of carboxylic acids is 1.